The normalized spacial score (nSPS) is 17.6. The van der Waals surface area contributed by atoms with Crippen LogP contribution < -0.4 is 10.1 Å². The molecule has 20 heavy (non-hydrogen) atoms. The van der Waals surface area contributed by atoms with E-state index in [1.54, 1.807) is 24.3 Å². The molecule has 1 fully saturated rings. The summed E-state index contributed by atoms with van der Waals surface area (Å²) in [5.74, 6) is 0.173. The van der Waals surface area contributed by atoms with Crippen LogP contribution in [0, 0.1) is 5.41 Å². The van der Waals surface area contributed by atoms with Crippen molar-refractivity contribution in [1.82, 2.24) is 5.32 Å². The molecule has 0 atom stereocenters. The van der Waals surface area contributed by atoms with Crippen molar-refractivity contribution in [3.63, 3.8) is 0 Å². The molecule has 1 aromatic rings. The van der Waals surface area contributed by atoms with E-state index in [0.29, 0.717) is 6.54 Å². The number of halogens is 2. The molecule has 112 valence electrons. The molecular weight excluding hydrogens is 264 g/mol. The van der Waals surface area contributed by atoms with Crippen molar-refractivity contribution in [1.29, 1.82) is 0 Å². The third-order valence-corrected chi connectivity index (χ3v) is 3.98. The number of ether oxygens (including phenoxy) is 1. The van der Waals surface area contributed by atoms with Gasteiger partial charge in [0.05, 0.1) is 0 Å². The van der Waals surface area contributed by atoms with Gasteiger partial charge in [-0.25, -0.2) is 0 Å². The number of hydrogen-bond acceptors (Lipinski definition) is 3. The van der Waals surface area contributed by atoms with E-state index in [2.05, 4.69) is 10.1 Å². The summed E-state index contributed by atoms with van der Waals surface area (Å²) >= 11 is 0. The molecule has 2 N–H and O–H groups in total. The van der Waals surface area contributed by atoms with E-state index in [4.69, 9.17) is 0 Å². The van der Waals surface area contributed by atoms with Crippen molar-refractivity contribution in [2.24, 2.45) is 5.41 Å². The Bertz CT molecular complexity index is 403. The van der Waals surface area contributed by atoms with E-state index in [9.17, 15) is 13.9 Å². The van der Waals surface area contributed by atoms with Crippen molar-refractivity contribution in [2.75, 3.05) is 13.2 Å². The standard InChI is InChI=1S/C15H21F2NO2/c16-14(17)20-13-5-3-12(4-6-13)9-18-10-15(11-19)7-1-2-8-15/h3-6,14,18-19H,1-2,7-11H2. The molecule has 5 heteroatoms. The average molecular weight is 285 g/mol. The first-order chi connectivity index (χ1) is 9.63. The predicted octanol–water partition coefficient (Wildman–Crippen LogP) is 2.93. The second-order valence-corrected chi connectivity index (χ2v) is 5.49. The molecular formula is C15H21F2NO2. The first kappa shape index (κ1) is 15.2. The van der Waals surface area contributed by atoms with Gasteiger partial charge in [0, 0.05) is 25.1 Å². The second-order valence-electron chi connectivity index (χ2n) is 5.49. The maximum absolute atomic E-state index is 12.0. The second kappa shape index (κ2) is 6.99. The lowest BCUT2D eigenvalue weighted by molar-refractivity contribution is -0.0498. The van der Waals surface area contributed by atoms with Crippen LogP contribution in [-0.2, 0) is 6.54 Å². The van der Waals surface area contributed by atoms with E-state index in [1.165, 1.54) is 12.8 Å². The van der Waals surface area contributed by atoms with Gasteiger partial charge in [0.1, 0.15) is 5.75 Å². The molecule has 0 aromatic heterocycles. The van der Waals surface area contributed by atoms with Gasteiger partial charge in [0.25, 0.3) is 0 Å². The first-order valence-electron chi connectivity index (χ1n) is 6.99. The molecule has 0 aliphatic heterocycles. The van der Waals surface area contributed by atoms with Crippen molar-refractivity contribution < 1.29 is 18.6 Å². The minimum absolute atomic E-state index is 0.0265. The Morgan fingerprint density at radius 3 is 2.40 bits per heavy atom. The van der Waals surface area contributed by atoms with E-state index in [-0.39, 0.29) is 17.8 Å². The summed E-state index contributed by atoms with van der Waals surface area (Å²) in [5, 5.41) is 12.9. The number of nitrogens with one attached hydrogen (secondary N) is 1. The maximum atomic E-state index is 12.0. The zero-order chi connectivity index (χ0) is 14.4. The van der Waals surface area contributed by atoms with Crippen LogP contribution in [0.1, 0.15) is 31.2 Å². The molecule has 1 aromatic carbocycles. The number of hydrogen-bond donors (Lipinski definition) is 2. The molecule has 0 bridgehead atoms. The summed E-state index contributed by atoms with van der Waals surface area (Å²) in [7, 11) is 0. The zero-order valence-electron chi connectivity index (χ0n) is 11.4. The van der Waals surface area contributed by atoms with Crippen molar-refractivity contribution in [3.8, 4) is 5.75 Å². The third-order valence-electron chi connectivity index (χ3n) is 3.98. The summed E-state index contributed by atoms with van der Waals surface area (Å²) in [4.78, 5) is 0. The largest absolute Gasteiger partial charge is 0.435 e. The van der Waals surface area contributed by atoms with Gasteiger partial charge >= 0.3 is 6.61 Å². The predicted molar refractivity (Wildman–Crippen MR) is 72.8 cm³/mol. The average Bonchev–Trinajstić information content (AvgIpc) is 2.90. The number of alkyl halides is 2. The van der Waals surface area contributed by atoms with Crippen LogP contribution in [0.15, 0.2) is 24.3 Å². The lowest BCUT2D eigenvalue weighted by atomic mass is 9.87. The van der Waals surface area contributed by atoms with E-state index in [1.807, 2.05) is 0 Å². The number of aliphatic hydroxyl groups excluding tert-OH is 1. The SMILES string of the molecule is OCC1(CNCc2ccc(OC(F)F)cc2)CCCC1. The van der Waals surface area contributed by atoms with Crippen LogP contribution in [-0.4, -0.2) is 24.9 Å². The van der Waals surface area contributed by atoms with Gasteiger partial charge in [-0.15, -0.1) is 0 Å². The van der Waals surface area contributed by atoms with Crippen LogP contribution in [0.25, 0.3) is 0 Å². The van der Waals surface area contributed by atoms with Gasteiger partial charge in [-0.1, -0.05) is 25.0 Å². The summed E-state index contributed by atoms with van der Waals surface area (Å²) in [6, 6.07) is 6.62. The minimum Gasteiger partial charge on any atom is -0.435 e. The van der Waals surface area contributed by atoms with Crippen LogP contribution >= 0.6 is 0 Å². The highest BCUT2D eigenvalue weighted by Crippen LogP contribution is 2.36. The summed E-state index contributed by atoms with van der Waals surface area (Å²) in [5.41, 5.74) is 1.04. The molecule has 0 saturated heterocycles. The highest BCUT2D eigenvalue weighted by molar-refractivity contribution is 5.27. The monoisotopic (exact) mass is 285 g/mol. The van der Waals surface area contributed by atoms with E-state index >= 15 is 0 Å². The summed E-state index contributed by atoms with van der Waals surface area (Å²) in [6.07, 6.45) is 4.50. The minimum atomic E-state index is -2.79. The number of rotatable bonds is 7. The molecule has 2 rings (SSSR count). The fraction of sp³-hybridized carbons (Fsp3) is 0.600. The highest BCUT2D eigenvalue weighted by atomic mass is 19.3. The Hall–Kier alpha value is -1.20. The molecule has 0 heterocycles. The van der Waals surface area contributed by atoms with Crippen molar-refractivity contribution >= 4 is 0 Å². The van der Waals surface area contributed by atoms with Crippen molar-refractivity contribution in [3.05, 3.63) is 29.8 Å². The van der Waals surface area contributed by atoms with Gasteiger partial charge in [-0.2, -0.15) is 8.78 Å². The van der Waals surface area contributed by atoms with Gasteiger partial charge in [-0.3, -0.25) is 0 Å². The molecule has 0 spiro atoms. The topological polar surface area (TPSA) is 41.5 Å². The lowest BCUT2D eigenvalue weighted by Gasteiger charge is -2.26. The molecule has 1 saturated carbocycles. The third kappa shape index (κ3) is 4.15. The fourth-order valence-corrected chi connectivity index (χ4v) is 2.78. The fourth-order valence-electron chi connectivity index (χ4n) is 2.78. The first-order valence-corrected chi connectivity index (χ1v) is 6.99. The van der Waals surface area contributed by atoms with E-state index < -0.39 is 6.61 Å². The molecule has 0 amide bonds. The summed E-state index contributed by atoms with van der Waals surface area (Å²) in [6.45, 7) is -1.11. The number of aliphatic hydroxyl groups is 1. The van der Waals surface area contributed by atoms with Gasteiger partial charge in [0.2, 0.25) is 0 Å². The molecule has 1 aliphatic carbocycles. The Morgan fingerprint density at radius 2 is 1.85 bits per heavy atom. The van der Waals surface area contributed by atoms with Crippen LogP contribution in [0.4, 0.5) is 8.78 Å². The molecule has 0 radical (unpaired) electrons. The summed E-state index contributed by atoms with van der Waals surface area (Å²) < 4.78 is 28.3. The lowest BCUT2D eigenvalue weighted by Crippen LogP contribution is -2.34. The Morgan fingerprint density at radius 1 is 1.20 bits per heavy atom. The zero-order valence-corrected chi connectivity index (χ0v) is 11.4. The Kier molecular flexibility index (Phi) is 5.31. The molecule has 3 nitrogen and oxygen atoms in total. The smallest absolute Gasteiger partial charge is 0.387 e. The quantitative estimate of drug-likeness (QED) is 0.809. The Balaban J connectivity index is 1.79. The van der Waals surface area contributed by atoms with Crippen molar-refractivity contribution in [2.45, 2.75) is 38.8 Å². The van der Waals surface area contributed by atoms with Crippen LogP contribution in [0.3, 0.4) is 0 Å². The molecule has 1 aliphatic rings. The van der Waals surface area contributed by atoms with Gasteiger partial charge < -0.3 is 15.2 Å². The highest BCUT2D eigenvalue weighted by Gasteiger charge is 2.32. The van der Waals surface area contributed by atoms with Crippen LogP contribution in [0.2, 0.25) is 0 Å². The van der Waals surface area contributed by atoms with Crippen LogP contribution in [0.5, 0.6) is 5.75 Å². The maximum Gasteiger partial charge on any atom is 0.387 e. The molecule has 0 unspecified atom stereocenters. The Labute approximate surface area is 117 Å². The van der Waals surface area contributed by atoms with E-state index in [0.717, 1.165) is 24.9 Å². The van der Waals surface area contributed by atoms with Gasteiger partial charge in [0.15, 0.2) is 0 Å². The van der Waals surface area contributed by atoms with Gasteiger partial charge in [-0.05, 0) is 30.5 Å². The number of benzene rings is 1.